The van der Waals surface area contributed by atoms with Crippen molar-refractivity contribution in [2.45, 2.75) is 6.92 Å². The summed E-state index contributed by atoms with van der Waals surface area (Å²) in [6, 6.07) is 9.01. The van der Waals surface area contributed by atoms with Crippen LogP contribution in [0.15, 0.2) is 30.0 Å². The highest BCUT2D eigenvalue weighted by molar-refractivity contribution is 5.95. The molecule has 2 N–H and O–H groups in total. The first-order valence-corrected chi connectivity index (χ1v) is 6.28. The van der Waals surface area contributed by atoms with E-state index in [0.29, 0.717) is 11.4 Å². The second-order valence-electron chi connectivity index (χ2n) is 4.76. The molecule has 0 heterocycles. The molecule has 0 aromatic heterocycles. The number of aryl methyl sites for hydroxylation is 1. The van der Waals surface area contributed by atoms with E-state index in [9.17, 15) is 4.79 Å². The maximum atomic E-state index is 11.8. The number of amides is 1. The molecule has 1 amide bonds. The Hall–Kier alpha value is -2.83. The summed E-state index contributed by atoms with van der Waals surface area (Å²) in [5.74, 6) is -0.142. The monoisotopic (exact) mass is 283 g/mol. The smallest absolute Gasteiger partial charge is 0.238 e. The van der Waals surface area contributed by atoms with E-state index < -0.39 is 0 Å². The molecule has 0 unspecified atom stereocenters. The Morgan fingerprint density at radius 2 is 1.95 bits per heavy atom. The van der Waals surface area contributed by atoms with E-state index in [1.165, 1.54) is 6.20 Å². The molecule has 0 saturated carbocycles. The minimum absolute atomic E-state index is 0.0397. The molecule has 6 heteroatoms. The first-order chi connectivity index (χ1) is 9.96. The van der Waals surface area contributed by atoms with Crippen LogP contribution in [0.4, 0.5) is 11.4 Å². The zero-order chi connectivity index (χ0) is 15.8. The molecule has 0 spiro atoms. The highest BCUT2D eigenvalue weighted by Crippen LogP contribution is 2.23. The molecule has 0 bridgehead atoms. The van der Waals surface area contributed by atoms with Crippen molar-refractivity contribution in [3.63, 3.8) is 0 Å². The molecule has 0 saturated heterocycles. The highest BCUT2D eigenvalue weighted by Gasteiger charge is 2.08. The lowest BCUT2D eigenvalue weighted by molar-refractivity contribution is -0.116. The maximum Gasteiger partial charge on any atom is 0.238 e. The fourth-order valence-corrected chi connectivity index (χ4v) is 1.60. The normalized spacial score (nSPS) is 9.43. The van der Waals surface area contributed by atoms with Crippen molar-refractivity contribution in [1.82, 2.24) is 4.90 Å². The number of carbonyl (C=O) groups excluding carboxylic acids is 1. The van der Waals surface area contributed by atoms with Gasteiger partial charge in [-0.3, -0.25) is 4.79 Å². The number of rotatable bonds is 5. The third-order valence-corrected chi connectivity index (χ3v) is 2.52. The van der Waals surface area contributed by atoms with Gasteiger partial charge in [0.25, 0.3) is 0 Å². The Kier molecular flexibility index (Phi) is 5.94. The lowest BCUT2D eigenvalue weighted by atomic mass is 10.2. The molecule has 0 atom stereocenters. The molecule has 0 aliphatic carbocycles. The van der Waals surface area contributed by atoms with Crippen LogP contribution in [-0.4, -0.2) is 31.4 Å². The van der Waals surface area contributed by atoms with Gasteiger partial charge in [0, 0.05) is 6.20 Å². The van der Waals surface area contributed by atoms with Crippen LogP contribution in [0.3, 0.4) is 0 Å². The van der Waals surface area contributed by atoms with Crippen molar-refractivity contribution in [2.75, 3.05) is 31.3 Å². The number of nitrogens with one attached hydrogen (secondary N) is 2. The van der Waals surface area contributed by atoms with Crippen LogP contribution in [0, 0.1) is 29.6 Å². The standard InChI is InChI=1S/C15H17N5O/c1-11-4-5-13(19-15(21)10-20(2)3)14(6-11)18-9-12(7-16)8-17/h4-6,9,18H,10H2,1-3H3,(H,19,21). The van der Waals surface area contributed by atoms with Gasteiger partial charge in [-0.1, -0.05) is 6.07 Å². The Balaban J connectivity index is 2.96. The second kappa shape index (κ2) is 7.68. The molecule has 21 heavy (non-hydrogen) atoms. The van der Waals surface area contributed by atoms with Crippen LogP contribution < -0.4 is 10.6 Å². The van der Waals surface area contributed by atoms with Gasteiger partial charge >= 0.3 is 0 Å². The summed E-state index contributed by atoms with van der Waals surface area (Å²) in [6.07, 6.45) is 1.32. The van der Waals surface area contributed by atoms with Gasteiger partial charge in [0.2, 0.25) is 5.91 Å². The predicted molar refractivity (Wildman–Crippen MR) is 81.3 cm³/mol. The van der Waals surface area contributed by atoms with E-state index in [0.717, 1.165) is 5.56 Å². The van der Waals surface area contributed by atoms with Gasteiger partial charge in [-0.25, -0.2) is 0 Å². The summed E-state index contributed by atoms with van der Waals surface area (Å²) in [5, 5.41) is 23.1. The Morgan fingerprint density at radius 1 is 1.29 bits per heavy atom. The predicted octanol–water partition coefficient (Wildman–Crippen LogP) is 1.84. The molecular formula is C15H17N5O. The number of anilines is 2. The van der Waals surface area contributed by atoms with Crippen molar-refractivity contribution in [3.05, 3.63) is 35.5 Å². The molecule has 0 fully saturated rings. The van der Waals surface area contributed by atoms with E-state index in [1.807, 2.05) is 33.2 Å². The quantitative estimate of drug-likeness (QED) is 0.804. The van der Waals surface area contributed by atoms with E-state index in [-0.39, 0.29) is 18.0 Å². The molecule has 1 aromatic carbocycles. The van der Waals surface area contributed by atoms with E-state index in [2.05, 4.69) is 10.6 Å². The fraction of sp³-hybridized carbons (Fsp3) is 0.267. The molecule has 0 radical (unpaired) electrons. The average Bonchev–Trinajstić information content (AvgIpc) is 2.41. The molecule has 0 aliphatic heterocycles. The summed E-state index contributed by atoms with van der Waals surface area (Å²) in [5.41, 5.74) is 2.18. The largest absolute Gasteiger partial charge is 0.358 e. The van der Waals surface area contributed by atoms with Crippen LogP contribution in [0.1, 0.15) is 5.56 Å². The Morgan fingerprint density at radius 3 is 2.52 bits per heavy atom. The number of carbonyl (C=O) groups is 1. The highest BCUT2D eigenvalue weighted by atomic mass is 16.2. The summed E-state index contributed by atoms with van der Waals surface area (Å²) in [6.45, 7) is 2.18. The van der Waals surface area contributed by atoms with Gasteiger partial charge in [0.15, 0.2) is 0 Å². The van der Waals surface area contributed by atoms with Crippen molar-refractivity contribution in [3.8, 4) is 12.1 Å². The molecule has 6 nitrogen and oxygen atoms in total. The van der Waals surface area contributed by atoms with Gasteiger partial charge in [0.05, 0.1) is 17.9 Å². The van der Waals surface area contributed by atoms with Crippen LogP contribution >= 0.6 is 0 Å². The lowest BCUT2D eigenvalue weighted by Crippen LogP contribution is -2.27. The van der Waals surface area contributed by atoms with Gasteiger partial charge in [-0.15, -0.1) is 0 Å². The van der Waals surface area contributed by atoms with Crippen molar-refractivity contribution in [1.29, 1.82) is 10.5 Å². The Labute approximate surface area is 124 Å². The number of nitriles is 2. The third kappa shape index (κ3) is 5.35. The van der Waals surface area contributed by atoms with Crippen LogP contribution in [0.2, 0.25) is 0 Å². The van der Waals surface area contributed by atoms with Gasteiger partial charge in [-0.2, -0.15) is 10.5 Å². The summed E-state index contributed by atoms with van der Waals surface area (Å²) in [4.78, 5) is 13.6. The average molecular weight is 283 g/mol. The first-order valence-electron chi connectivity index (χ1n) is 6.28. The molecule has 1 rings (SSSR count). The van der Waals surface area contributed by atoms with Crippen molar-refractivity contribution < 1.29 is 4.79 Å². The van der Waals surface area contributed by atoms with Gasteiger partial charge in [0.1, 0.15) is 17.7 Å². The minimum Gasteiger partial charge on any atom is -0.358 e. The topological polar surface area (TPSA) is 91.9 Å². The summed E-state index contributed by atoms with van der Waals surface area (Å²) in [7, 11) is 3.62. The van der Waals surface area contributed by atoms with Crippen molar-refractivity contribution in [2.24, 2.45) is 0 Å². The third-order valence-electron chi connectivity index (χ3n) is 2.52. The molecule has 108 valence electrons. The molecular weight excluding hydrogens is 266 g/mol. The van der Waals surface area contributed by atoms with Crippen LogP contribution in [0.25, 0.3) is 0 Å². The SMILES string of the molecule is Cc1ccc(NC(=O)CN(C)C)c(NC=C(C#N)C#N)c1. The van der Waals surface area contributed by atoms with Crippen molar-refractivity contribution >= 4 is 17.3 Å². The number of hydrogen-bond acceptors (Lipinski definition) is 5. The zero-order valence-electron chi connectivity index (χ0n) is 12.3. The van der Waals surface area contributed by atoms with Gasteiger partial charge in [-0.05, 0) is 38.7 Å². The van der Waals surface area contributed by atoms with Gasteiger partial charge < -0.3 is 15.5 Å². The van der Waals surface area contributed by atoms with E-state index in [4.69, 9.17) is 10.5 Å². The molecule has 1 aromatic rings. The minimum atomic E-state index is -0.142. The van der Waals surface area contributed by atoms with Crippen LogP contribution in [0.5, 0.6) is 0 Å². The number of nitrogens with zero attached hydrogens (tertiary/aromatic N) is 3. The van der Waals surface area contributed by atoms with E-state index >= 15 is 0 Å². The van der Waals surface area contributed by atoms with E-state index in [1.54, 1.807) is 23.1 Å². The number of likely N-dealkylation sites (N-methyl/N-ethyl adjacent to an activating group) is 1. The number of allylic oxidation sites excluding steroid dienone is 1. The lowest BCUT2D eigenvalue weighted by Gasteiger charge is -2.14. The number of benzene rings is 1. The maximum absolute atomic E-state index is 11.8. The zero-order valence-corrected chi connectivity index (χ0v) is 12.3. The molecule has 0 aliphatic rings. The second-order valence-corrected chi connectivity index (χ2v) is 4.76. The fourth-order valence-electron chi connectivity index (χ4n) is 1.60. The summed E-state index contributed by atoms with van der Waals surface area (Å²) < 4.78 is 0. The first kappa shape index (κ1) is 16.2. The Bertz CT molecular complexity index is 618. The van der Waals surface area contributed by atoms with Crippen LogP contribution in [-0.2, 0) is 4.79 Å². The summed E-state index contributed by atoms with van der Waals surface area (Å²) >= 11 is 0. The number of hydrogen-bond donors (Lipinski definition) is 2.